The van der Waals surface area contributed by atoms with E-state index in [9.17, 15) is 5.11 Å². The summed E-state index contributed by atoms with van der Waals surface area (Å²) in [4.78, 5) is 8.36. The highest BCUT2D eigenvalue weighted by Crippen LogP contribution is 2.47. The largest absolute Gasteiger partial charge is 0.507 e. The van der Waals surface area contributed by atoms with Crippen molar-refractivity contribution in [2.75, 3.05) is 17.1 Å². The summed E-state index contributed by atoms with van der Waals surface area (Å²) in [7, 11) is 0. The number of nitrogens with zero attached hydrogens (tertiary/aromatic N) is 2. The predicted molar refractivity (Wildman–Crippen MR) is 144 cm³/mol. The minimum Gasteiger partial charge on any atom is -0.507 e. The number of aromatic nitrogens is 1. The van der Waals surface area contributed by atoms with Crippen molar-refractivity contribution in [1.29, 1.82) is 0 Å². The van der Waals surface area contributed by atoms with Gasteiger partial charge in [0, 0.05) is 36.0 Å². The smallest absolute Gasteiger partial charge is 0.290 e. The lowest BCUT2D eigenvalue weighted by Crippen LogP contribution is -2.27. The average molecular weight is 487 g/mol. The highest BCUT2D eigenvalue weighted by atomic mass is 32.2. The lowest BCUT2D eigenvalue weighted by molar-refractivity contribution is -0.122. The maximum absolute atomic E-state index is 10.7. The Morgan fingerprint density at radius 3 is 2.21 bits per heavy atom. The van der Waals surface area contributed by atoms with Crippen LogP contribution in [-0.2, 0) is 17.8 Å². The quantitative estimate of drug-likeness (QED) is 0.307. The van der Waals surface area contributed by atoms with Gasteiger partial charge in [0.2, 0.25) is 0 Å². The van der Waals surface area contributed by atoms with E-state index in [1.54, 1.807) is 32.7 Å². The molecule has 1 aliphatic rings. The van der Waals surface area contributed by atoms with Crippen LogP contribution in [0.4, 0.5) is 5.69 Å². The molecule has 1 aliphatic heterocycles. The van der Waals surface area contributed by atoms with E-state index in [-0.39, 0.29) is 6.47 Å². The van der Waals surface area contributed by atoms with Crippen molar-refractivity contribution < 1.29 is 20.1 Å². The third-order valence-corrected chi connectivity index (χ3v) is 6.49. The third kappa shape index (κ3) is 5.88. The van der Waals surface area contributed by atoms with Gasteiger partial charge in [-0.25, -0.2) is 0 Å². The van der Waals surface area contributed by atoms with E-state index in [0.717, 1.165) is 30.6 Å². The molecule has 186 valence electrons. The Kier molecular flexibility index (Phi) is 9.08. The Morgan fingerprint density at radius 1 is 1.12 bits per heavy atom. The van der Waals surface area contributed by atoms with Crippen LogP contribution in [0, 0.1) is 20.8 Å². The summed E-state index contributed by atoms with van der Waals surface area (Å²) in [6.07, 6.45) is 3.10. The molecular formula is C27H38N2O4S. The summed E-state index contributed by atoms with van der Waals surface area (Å²) in [6.45, 7) is 15.7. The van der Waals surface area contributed by atoms with E-state index in [1.165, 1.54) is 39.0 Å². The van der Waals surface area contributed by atoms with Crippen LogP contribution in [-0.4, -0.2) is 44.8 Å². The van der Waals surface area contributed by atoms with Crippen molar-refractivity contribution in [2.45, 2.75) is 67.0 Å². The zero-order valence-electron chi connectivity index (χ0n) is 21.6. The Hall–Kier alpha value is -2.64. The molecule has 0 aliphatic carbocycles. The van der Waals surface area contributed by atoms with Gasteiger partial charge < -0.3 is 24.2 Å². The van der Waals surface area contributed by atoms with Gasteiger partial charge in [0.05, 0.1) is 16.8 Å². The van der Waals surface area contributed by atoms with Gasteiger partial charge in [-0.1, -0.05) is 31.0 Å². The number of hydrogen-bond donors (Lipinski definition) is 3. The van der Waals surface area contributed by atoms with Crippen LogP contribution in [0.2, 0.25) is 0 Å². The molecule has 3 N–H and O–H groups in total. The van der Waals surface area contributed by atoms with Gasteiger partial charge in [-0.05, 0) is 82.3 Å². The van der Waals surface area contributed by atoms with E-state index in [2.05, 4.69) is 54.1 Å². The van der Waals surface area contributed by atoms with Crippen molar-refractivity contribution in [3.63, 3.8) is 0 Å². The molecule has 0 fully saturated rings. The molecule has 0 spiro atoms. The fourth-order valence-corrected chi connectivity index (χ4v) is 5.14. The fourth-order valence-electron chi connectivity index (χ4n) is 4.47. The Balaban J connectivity index is 0.000000447. The number of carboxylic acid groups (broad SMARTS) is 1. The molecule has 0 amide bonds. The molecule has 0 saturated carbocycles. The lowest BCUT2D eigenvalue weighted by Gasteiger charge is -2.32. The van der Waals surface area contributed by atoms with Crippen molar-refractivity contribution in [3.8, 4) is 16.9 Å². The van der Waals surface area contributed by atoms with Crippen molar-refractivity contribution in [1.82, 2.24) is 4.57 Å². The van der Waals surface area contributed by atoms with Gasteiger partial charge in [-0.2, -0.15) is 0 Å². The average Bonchev–Trinajstić information content (AvgIpc) is 3.07. The first-order valence-electron chi connectivity index (χ1n) is 11.5. The summed E-state index contributed by atoms with van der Waals surface area (Å²) < 4.78 is 4.87. The van der Waals surface area contributed by atoms with Crippen molar-refractivity contribution >= 4 is 35.0 Å². The first-order chi connectivity index (χ1) is 15.9. The maximum Gasteiger partial charge on any atom is 0.290 e. The molecule has 0 saturated heterocycles. The van der Waals surface area contributed by atoms with Gasteiger partial charge in [-0.3, -0.25) is 4.79 Å². The van der Waals surface area contributed by atoms with E-state index in [4.69, 9.17) is 15.0 Å². The number of aliphatic hydroxyl groups is 1. The van der Waals surface area contributed by atoms with Crippen molar-refractivity contribution in [3.05, 3.63) is 46.6 Å². The van der Waals surface area contributed by atoms with Gasteiger partial charge in [0.15, 0.2) is 0 Å². The van der Waals surface area contributed by atoms with E-state index in [0.29, 0.717) is 5.75 Å². The maximum atomic E-state index is 10.7. The first kappa shape index (κ1) is 27.6. The van der Waals surface area contributed by atoms with Gasteiger partial charge in [-0.15, -0.1) is 0 Å². The van der Waals surface area contributed by atoms with Crippen LogP contribution in [0.15, 0.2) is 24.3 Å². The monoisotopic (exact) mass is 486 g/mol. The highest BCUT2D eigenvalue weighted by Gasteiger charge is 2.28. The van der Waals surface area contributed by atoms with Crippen molar-refractivity contribution in [2.24, 2.45) is 0 Å². The number of aryl methyl sites for hydroxylation is 2. The number of rotatable bonds is 3. The van der Waals surface area contributed by atoms with E-state index < -0.39 is 5.60 Å². The fraction of sp³-hybridized carbons (Fsp3) is 0.444. The number of anilines is 1. The van der Waals surface area contributed by atoms with Crippen LogP contribution in [0.3, 0.4) is 0 Å². The molecule has 7 heteroatoms. The van der Waals surface area contributed by atoms with Crippen LogP contribution in [0.25, 0.3) is 22.0 Å². The summed E-state index contributed by atoms with van der Waals surface area (Å²) in [5, 5.41) is 27.4. The summed E-state index contributed by atoms with van der Waals surface area (Å²) in [6, 6.07) is 8.33. The zero-order chi connectivity index (χ0) is 25.8. The second kappa shape index (κ2) is 11.2. The van der Waals surface area contributed by atoms with Crippen LogP contribution >= 0.6 is 11.9 Å². The molecule has 34 heavy (non-hydrogen) atoms. The van der Waals surface area contributed by atoms with E-state index >= 15 is 0 Å². The Morgan fingerprint density at radius 2 is 1.71 bits per heavy atom. The number of benzene rings is 2. The molecule has 2 heterocycles. The van der Waals surface area contributed by atoms with Gasteiger partial charge in [0.1, 0.15) is 5.75 Å². The minimum atomic E-state index is -0.500. The molecule has 4 rings (SSSR count). The first-order valence-corrected chi connectivity index (χ1v) is 12.6. The number of carbonyl (C=O) groups is 1. The van der Waals surface area contributed by atoms with Crippen LogP contribution in [0.5, 0.6) is 5.75 Å². The molecule has 2 aromatic carbocycles. The third-order valence-electron chi connectivity index (χ3n) is 5.68. The van der Waals surface area contributed by atoms with Crippen LogP contribution < -0.4 is 4.31 Å². The predicted octanol–water partition coefficient (Wildman–Crippen LogP) is 6.08. The Labute approximate surface area is 207 Å². The number of aromatic hydroxyl groups is 1. The normalized spacial score (nSPS) is 12.6. The second-order valence-electron chi connectivity index (χ2n) is 9.46. The molecule has 0 unspecified atom stereocenters. The summed E-state index contributed by atoms with van der Waals surface area (Å²) >= 11 is 1.80. The Bertz CT molecular complexity index is 1160. The number of hydrogen-bond acceptors (Lipinski definition) is 5. The summed E-state index contributed by atoms with van der Waals surface area (Å²) in [5.41, 5.74) is 9.35. The van der Waals surface area contributed by atoms with Gasteiger partial charge in [0.25, 0.3) is 6.47 Å². The van der Waals surface area contributed by atoms with Gasteiger partial charge >= 0.3 is 0 Å². The topological polar surface area (TPSA) is 85.9 Å². The molecule has 0 radical (unpaired) electrons. The molecule has 1 aromatic heterocycles. The molecule has 0 atom stereocenters. The number of phenolic OH excluding ortho intramolecular Hbond substituents is 1. The molecule has 3 aromatic rings. The summed E-state index contributed by atoms with van der Waals surface area (Å²) in [5.74, 6) is 0.373. The molecule has 6 nitrogen and oxygen atoms in total. The SMILES string of the molecule is CC(C)(C)O.CCc1c(C)c2c3c(cc(C)n3CCN2SC)c1-c1ccc(C)cc1O.O=CO. The lowest BCUT2D eigenvalue weighted by atomic mass is 9.88. The van der Waals surface area contributed by atoms with E-state index in [1.807, 2.05) is 13.0 Å². The second-order valence-corrected chi connectivity index (χ2v) is 10.3. The minimum absolute atomic E-state index is 0.250. The standard InChI is InChI=1S/C22H26N2OS.C4H10O.CH2O2/c1-6-16-15(4)21-22-18(12-14(3)23(22)9-10-24(21)26-5)20(16)17-8-7-13(2)11-19(17)25;1-4(2,3)5;2-1-3/h7-8,11-12,25H,6,9-10H2,1-5H3;5H,1-3H3;1H,(H,2,3). The molecule has 0 bridgehead atoms. The van der Waals surface area contributed by atoms with Crippen LogP contribution in [0.1, 0.15) is 50.1 Å². The number of phenols is 1. The molecular weight excluding hydrogens is 448 g/mol. The highest BCUT2D eigenvalue weighted by molar-refractivity contribution is 8.00. The zero-order valence-corrected chi connectivity index (χ0v) is 22.4.